The SMILES string of the molecule is Cc1cc([P+](C)=O)cnn1. The Morgan fingerprint density at radius 1 is 1.60 bits per heavy atom. The fourth-order valence-electron chi connectivity index (χ4n) is 0.631. The lowest BCUT2D eigenvalue weighted by Gasteiger charge is -1.85. The molecule has 0 aliphatic carbocycles. The van der Waals surface area contributed by atoms with E-state index in [-0.39, 0.29) is 0 Å². The molecule has 0 N–H and O–H groups in total. The van der Waals surface area contributed by atoms with Crippen LogP contribution >= 0.6 is 7.80 Å². The van der Waals surface area contributed by atoms with Crippen molar-refractivity contribution in [3.8, 4) is 0 Å². The quantitative estimate of drug-likeness (QED) is 0.565. The third kappa shape index (κ3) is 1.58. The van der Waals surface area contributed by atoms with Crippen LogP contribution in [0.4, 0.5) is 0 Å². The Labute approximate surface area is 60.3 Å². The molecule has 1 heterocycles. The second-order valence-corrected chi connectivity index (χ2v) is 3.56. The molecule has 1 aromatic heterocycles. The third-order valence-electron chi connectivity index (χ3n) is 1.13. The Morgan fingerprint density at radius 3 is 2.70 bits per heavy atom. The molecular formula is C6H8N2OP+. The number of aromatic nitrogens is 2. The molecule has 52 valence electrons. The zero-order valence-corrected chi connectivity index (χ0v) is 6.80. The van der Waals surface area contributed by atoms with Crippen molar-refractivity contribution < 1.29 is 4.57 Å². The first-order valence-electron chi connectivity index (χ1n) is 2.90. The Kier molecular flexibility index (Phi) is 2.07. The van der Waals surface area contributed by atoms with Gasteiger partial charge in [-0.15, -0.1) is 0 Å². The van der Waals surface area contributed by atoms with Crippen molar-refractivity contribution in [3.63, 3.8) is 0 Å². The maximum atomic E-state index is 10.9. The first-order chi connectivity index (χ1) is 4.70. The lowest BCUT2D eigenvalue weighted by molar-refractivity contribution is 0.596. The van der Waals surface area contributed by atoms with E-state index in [1.165, 1.54) is 6.20 Å². The lowest BCUT2D eigenvalue weighted by Crippen LogP contribution is -2.00. The highest BCUT2D eigenvalue weighted by Gasteiger charge is 2.11. The van der Waals surface area contributed by atoms with Gasteiger partial charge < -0.3 is 0 Å². The van der Waals surface area contributed by atoms with Crippen molar-refractivity contribution in [2.24, 2.45) is 0 Å². The number of rotatable bonds is 1. The summed E-state index contributed by atoms with van der Waals surface area (Å²) in [4.78, 5) is 0. The average Bonchev–Trinajstić information content (AvgIpc) is 1.88. The van der Waals surface area contributed by atoms with E-state index in [1.54, 1.807) is 12.7 Å². The molecule has 3 nitrogen and oxygen atoms in total. The molecule has 0 amide bonds. The predicted octanol–water partition coefficient (Wildman–Crippen LogP) is 0.868. The standard InChI is InChI=1S/C6H8N2OP/c1-5-3-6(10(2)9)4-7-8-5/h3-4H,1-2H3/q+1. The first kappa shape index (κ1) is 7.29. The number of hydrogen-bond donors (Lipinski definition) is 0. The molecule has 1 unspecified atom stereocenters. The summed E-state index contributed by atoms with van der Waals surface area (Å²) in [6.45, 7) is 3.49. The van der Waals surface area contributed by atoms with E-state index in [0.717, 1.165) is 11.0 Å². The highest BCUT2D eigenvalue weighted by atomic mass is 31.1. The van der Waals surface area contributed by atoms with E-state index in [2.05, 4.69) is 10.2 Å². The van der Waals surface area contributed by atoms with Crippen LogP contribution in [0.5, 0.6) is 0 Å². The third-order valence-corrected chi connectivity index (χ3v) is 2.10. The van der Waals surface area contributed by atoms with Crippen molar-refractivity contribution in [2.45, 2.75) is 6.92 Å². The monoisotopic (exact) mass is 155 g/mol. The largest absolute Gasteiger partial charge is 0.375 e. The fourth-order valence-corrected chi connectivity index (χ4v) is 1.21. The zero-order chi connectivity index (χ0) is 7.56. The average molecular weight is 155 g/mol. The summed E-state index contributed by atoms with van der Waals surface area (Å²) in [5.74, 6) is 0. The van der Waals surface area contributed by atoms with E-state index in [1.807, 2.05) is 6.92 Å². The Hall–Kier alpha value is -0.820. The molecule has 1 atom stereocenters. The van der Waals surface area contributed by atoms with Gasteiger partial charge in [-0.2, -0.15) is 10.2 Å². The molecule has 0 saturated carbocycles. The molecule has 0 aliphatic heterocycles. The molecule has 4 heteroatoms. The van der Waals surface area contributed by atoms with Crippen LogP contribution in [0.3, 0.4) is 0 Å². The molecule has 1 rings (SSSR count). The molecule has 0 saturated heterocycles. The van der Waals surface area contributed by atoms with Gasteiger partial charge in [-0.3, -0.25) is 0 Å². The number of aryl methyl sites for hydroxylation is 1. The van der Waals surface area contributed by atoms with E-state index in [9.17, 15) is 4.57 Å². The highest BCUT2D eigenvalue weighted by Crippen LogP contribution is 2.11. The van der Waals surface area contributed by atoms with E-state index >= 15 is 0 Å². The minimum Gasteiger partial charge on any atom is -0.156 e. The Balaban J connectivity index is 3.07. The molecule has 0 fully saturated rings. The smallest absolute Gasteiger partial charge is 0.156 e. The zero-order valence-electron chi connectivity index (χ0n) is 5.90. The summed E-state index contributed by atoms with van der Waals surface area (Å²) in [6.07, 6.45) is 1.53. The van der Waals surface area contributed by atoms with Crippen LogP contribution in [0.15, 0.2) is 12.3 Å². The summed E-state index contributed by atoms with van der Waals surface area (Å²) in [6, 6.07) is 1.78. The summed E-state index contributed by atoms with van der Waals surface area (Å²) in [5, 5.41) is 8.18. The van der Waals surface area contributed by atoms with Gasteiger partial charge in [-0.05, 0) is 6.92 Å². The van der Waals surface area contributed by atoms with Gasteiger partial charge in [0, 0.05) is 6.07 Å². The van der Waals surface area contributed by atoms with Crippen LogP contribution in [-0.4, -0.2) is 16.9 Å². The lowest BCUT2D eigenvalue weighted by atomic mass is 10.4. The van der Waals surface area contributed by atoms with Gasteiger partial charge in [0.2, 0.25) is 5.30 Å². The second kappa shape index (κ2) is 2.84. The second-order valence-electron chi connectivity index (χ2n) is 2.05. The van der Waals surface area contributed by atoms with Gasteiger partial charge in [-0.1, -0.05) is 4.57 Å². The van der Waals surface area contributed by atoms with Gasteiger partial charge in [0.15, 0.2) is 0 Å². The number of hydrogen-bond acceptors (Lipinski definition) is 3. The van der Waals surface area contributed by atoms with Crippen molar-refractivity contribution in [1.82, 2.24) is 10.2 Å². The fraction of sp³-hybridized carbons (Fsp3) is 0.333. The van der Waals surface area contributed by atoms with Gasteiger partial charge in [0.1, 0.15) is 12.9 Å². The van der Waals surface area contributed by atoms with Gasteiger partial charge in [0.25, 0.3) is 0 Å². The topological polar surface area (TPSA) is 42.9 Å². The van der Waals surface area contributed by atoms with E-state index in [4.69, 9.17) is 0 Å². The molecule has 1 aromatic rings. The van der Waals surface area contributed by atoms with Crippen LogP contribution in [0.25, 0.3) is 0 Å². The van der Waals surface area contributed by atoms with Crippen LogP contribution < -0.4 is 5.30 Å². The molecule has 0 bridgehead atoms. The Morgan fingerprint density at radius 2 is 2.30 bits per heavy atom. The molecule has 0 radical (unpaired) electrons. The molecule has 0 aliphatic rings. The summed E-state index contributed by atoms with van der Waals surface area (Å²) in [5.41, 5.74) is 0.808. The number of nitrogens with zero attached hydrogens (tertiary/aromatic N) is 2. The van der Waals surface area contributed by atoms with Crippen LogP contribution in [0, 0.1) is 6.92 Å². The van der Waals surface area contributed by atoms with Gasteiger partial charge in [0.05, 0.1) is 5.69 Å². The molecule has 0 spiro atoms. The maximum Gasteiger partial charge on any atom is 0.375 e. The van der Waals surface area contributed by atoms with E-state index < -0.39 is 7.80 Å². The molecule has 0 aromatic carbocycles. The Bertz CT molecular complexity index is 262. The molecule has 10 heavy (non-hydrogen) atoms. The van der Waals surface area contributed by atoms with Crippen molar-refractivity contribution >= 4 is 13.1 Å². The predicted molar refractivity (Wildman–Crippen MR) is 39.9 cm³/mol. The van der Waals surface area contributed by atoms with E-state index in [0.29, 0.717) is 0 Å². The van der Waals surface area contributed by atoms with Gasteiger partial charge in [-0.25, -0.2) is 0 Å². The van der Waals surface area contributed by atoms with Crippen LogP contribution in [0.1, 0.15) is 5.69 Å². The minimum absolute atomic E-state index is 0.766. The first-order valence-corrected chi connectivity index (χ1v) is 4.61. The van der Waals surface area contributed by atoms with Crippen LogP contribution in [0.2, 0.25) is 0 Å². The molecular weight excluding hydrogens is 147 g/mol. The summed E-state index contributed by atoms with van der Waals surface area (Å²) in [7, 11) is -1.26. The van der Waals surface area contributed by atoms with Gasteiger partial charge >= 0.3 is 7.80 Å². The highest BCUT2D eigenvalue weighted by molar-refractivity contribution is 7.52. The van der Waals surface area contributed by atoms with Crippen molar-refractivity contribution in [3.05, 3.63) is 18.0 Å². The minimum atomic E-state index is -1.26. The maximum absolute atomic E-state index is 10.9. The van der Waals surface area contributed by atoms with Crippen molar-refractivity contribution in [2.75, 3.05) is 6.66 Å². The normalized spacial score (nSPS) is 11.2. The van der Waals surface area contributed by atoms with Crippen molar-refractivity contribution in [1.29, 1.82) is 0 Å². The summed E-state index contributed by atoms with van der Waals surface area (Å²) < 4.78 is 10.9. The summed E-state index contributed by atoms with van der Waals surface area (Å²) >= 11 is 0. The van der Waals surface area contributed by atoms with Crippen LogP contribution in [-0.2, 0) is 4.57 Å².